The van der Waals surface area contributed by atoms with Gasteiger partial charge in [-0.2, -0.15) is 0 Å². The second kappa shape index (κ2) is 7.13. The van der Waals surface area contributed by atoms with Gasteiger partial charge in [0, 0.05) is 11.6 Å². The topological polar surface area (TPSA) is 32.7 Å². The highest BCUT2D eigenvalue weighted by atomic mass is 35.5. The van der Waals surface area contributed by atoms with Crippen LogP contribution in [0, 0.1) is 5.92 Å². The van der Waals surface area contributed by atoms with Crippen molar-refractivity contribution < 1.29 is 9.84 Å². The van der Waals surface area contributed by atoms with Crippen molar-refractivity contribution in [1.82, 2.24) is 4.90 Å². The maximum atomic E-state index is 9.56. The van der Waals surface area contributed by atoms with Crippen LogP contribution in [0.1, 0.15) is 19.8 Å². The van der Waals surface area contributed by atoms with Gasteiger partial charge in [-0.05, 0) is 63.0 Å². The third-order valence-electron chi connectivity index (χ3n) is 3.80. The van der Waals surface area contributed by atoms with E-state index in [1.807, 2.05) is 31.2 Å². The van der Waals surface area contributed by atoms with Gasteiger partial charge in [0.2, 0.25) is 0 Å². The Hall–Kier alpha value is -0.770. The molecule has 0 aromatic heterocycles. The number of nitrogens with zero attached hydrogens (tertiary/aromatic N) is 1. The van der Waals surface area contributed by atoms with E-state index in [4.69, 9.17) is 16.3 Å². The second-order valence-electron chi connectivity index (χ2n) is 5.22. The first-order valence-electron chi connectivity index (χ1n) is 6.94. The number of ether oxygens (including phenoxy) is 1. The summed E-state index contributed by atoms with van der Waals surface area (Å²) in [6, 6.07) is 7.46. The molecule has 0 radical (unpaired) electrons. The Morgan fingerprint density at radius 2 is 1.95 bits per heavy atom. The molecule has 1 aromatic carbocycles. The number of benzene rings is 1. The normalized spacial score (nSPS) is 19.3. The third kappa shape index (κ3) is 4.68. The molecule has 19 heavy (non-hydrogen) atoms. The summed E-state index contributed by atoms with van der Waals surface area (Å²) < 4.78 is 5.69. The highest BCUT2D eigenvalue weighted by molar-refractivity contribution is 6.30. The van der Waals surface area contributed by atoms with Crippen LogP contribution >= 0.6 is 11.6 Å². The fraction of sp³-hybridized carbons (Fsp3) is 0.600. The van der Waals surface area contributed by atoms with Crippen LogP contribution in [0.2, 0.25) is 5.02 Å². The van der Waals surface area contributed by atoms with Crippen LogP contribution in [0.4, 0.5) is 0 Å². The molecule has 1 aromatic rings. The first kappa shape index (κ1) is 14.6. The molecule has 1 heterocycles. The molecule has 0 amide bonds. The molecular weight excluding hydrogens is 262 g/mol. The van der Waals surface area contributed by atoms with E-state index in [2.05, 4.69) is 4.90 Å². The molecule has 0 spiro atoms. The van der Waals surface area contributed by atoms with Crippen molar-refractivity contribution in [3.05, 3.63) is 29.3 Å². The van der Waals surface area contributed by atoms with E-state index >= 15 is 0 Å². The SMILES string of the molecule is CC(O)C1CCN(CCOc2ccc(Cl)cc2)CC1. The summed E-state index contributed by atoms with van der Waals surface area (Å²) in [6.07, 6.45) is 1.99. The average Bonchev–Trinajstić information content (AvgIpc) is 2.41. The summed E-state index contributed by atoms with van der Waals surface area (Å²) in [5.74, 6) is 1.33. The number of rotatable bonds is 5. The van der Waals surface area contributed by atoms with Crippen molar-refractivity contribution in [2.24, 2.45) is 5.92 Å². The first-order valence-corrected chi connectivity index (χ1v) is 7.32. The van der Waals surface area contributed by atoms with Gasteiger partial charge in [-0.1, -0.05) is 11.6 Å². The number of piperidine rings is 1. The summed E-state index contributed by atoms with van der Waals surface area (Å²) in [7, 11) is 0. The quantitative estimate of drug-likeness (QED) is 0.902. The smallest absolute Gasteiger partial charge is 0.119 e. The summed E-state index contributed by atoms with van der Waals surface area (Å²) >= 11 is 5.82. The van der Waals surface area contributed by atoms with Gasteiger partial charge in [-0.25, -0.2) is 0 Å². The van der Waals surface area contributed by atoms with Gasteiger partial charge in [0.05, 0.1) is 6.10 Å². The lowest BCUT2D eigenvalue weighted by atomic mass is 9.92. The van der Waals surface area contributed by atoms with Gasteiger partial charge in [-0.3, -0.25) is 4.90 Å². The van der Waals surface area contributed by atoms with E-state index in [0.717, 1.165) is 43.2 Å². The summed E-state index contributed by atoms with van der Waals surface area (Å²) in [4.78, 5) is 2.40. The molecule has 0 bridgehead atoms. The van der Waals surface area contributed by atoms with E-state index in [1.165, 1.54) is 0 Å². The van der Waals surface area contributed by atoms with Gasteiger partial charge in [-0.15, -0.1) is 0 Å². The lowest BCUT2D eigenvalue weighted by Crippen LogP contribution is -2.39. The molecule has 2 rings (SSSR count). The lowest BCUT2D eigenvalue weighted by molar-refractivity contribution is 0.0672. The largest absolute Gasteiger partial charge is 0.492 e. The zero-order chi connectivity index (χ0) is 13.7. The van der Waals surface area contributed by atoms with Gasteiger partial charge in [0.1, 0.15) is 12.4 Å². The molecule has 1 saturated heterocycles. The van der Waals surface area contributed by atoms with Crippen molar-refractivity contribution in [1.29, 1.82) is 0 Å². The van der Waals surface area contributed by atoms with Crippen LogP contribution in [-0.2, 0) is 0 Å². The number of aliphatic hydroxyl groups excluding tert-OH is 1. The molecule has 1 N–H and O–H groups in total. The maximum Gasteiger partial charge on any atom is 0.119 e. The molecular formula is C15H22ClNO2. The minimum atomic E-state index is -0.174. The standard InChI is InChI=1S/C15H22ClNO2/c1-12(18)13-6-8-17(9-7-13)10-11-19-15-4-2-14(16)3-5-15/h2-5,12-13,18H,6-11H2,1H3. The van der Waals surface area contributed by atoms with E-state index in [1.54, 1.807) is 0 Å². The Morgan fingerprint density at radius 1 is 1.32 bits per heavy atom. The molecule has 1 aliphatic heterocycles. The Kier molecular flexibility index (Phi) is 5.49. The van der Waals surface area contributed by atoms with Gasteiger partial charge >= 0.3 is 0 Å². The van der Waals surface area contributed by atoms with Gasteiger partial charge in [0.25, 0.3) is 0 Å². The monoisotopic (exact) mass is 283 g/mol. The number of likely N-dealkylation sites (tertiary alicyclic amines) is 1. The molecule has 0 aliphatic carbocycles. The van der Waals surface area contributed by atoms with Crippen molar-refractivity contribution in [2.45, 2.75) is 25.9 Å². The zero-order valence-electron chi connectivity index (χ0n) is 11.4. The maximum absolute atomic E-state index is 9.56. The van der Waals surface area contributed by atoms with E-state index in [0.29, 0.717) is 12.5 Å². The summed E-state index contributed by atoms with van der Waals surface area (Å²) in [5, 5.41) is 10.3. The minimum absolute atomic E-state index is 0.174. The fourth-order valence-electron chi connectivity index (χ4n) is 2.48. The van der Waals surface area contributed by atoms with Crippen LogP contribution in [-0.4, -0.2) is 42.4 Å². The van der Waals surface area contributed by atoms with E-state index in [-0.39, 0.29) is 6.10 Å². The number of aliphatic hydroxyl groups is 1. The molecule has 4 heteroatoms. The van der Waals surface area contributed by atoms with Crippen LogP contribution in [0.3, 0.4) is 0 Å². The van der Waals surface area contributed by atoms with Crippen LogP contribution < -0.4 is 4.74 Å². The Bertz CT molecular complexity index is 372. The first-order chi connectivity index (χ1) is 9.15. The molecule has 1 unspecified atom stereocenters. The third-order valence-corrected chi connectivity index (χ3v) is 4.06. The van der Waals surface area contributed by atoms with Crippen molar-refractivity contribution in [2.75, 3.05) is 26.2 Å². The summed E-state index contributed by atoms with van der Waals surface area (Å²) in [5.41, 5.74) is 0. The van der Waals surface area contributed by atoms with Crippen molar-refractivity contribution in [3.8, 4) is 5.75 Å². The lowest BCUT2D eigenvalue weighted by Gasteiger charge is -2.33. The fourth-order valence-corrected chi connectivity index (χ4v) is 2.61. The Morgan fingerprint density at radius 3 is 2.53 bits per heavy atom. The van der Waals surface area contributed by atoms with E-state index in [9.17, 15) is 5.11 Å². The van der Waals surface area contributed by atoms with Gasteiger partial charge < -0.3 is 9.84 Å². The van der Waals surface area contributed by atoms with Crippen LogP contribution in [0.5, 0.6) is 5.75 Å². The number of hydrogen-bond acceptors (Lipinski definition) is 3. The van der Waals surface area contributed by atoms with Crippen molar-refractivity contribution >= 4 is 11.6 Å². The molecule has 1 atom stereocenters. The highest BCUT2D eigenvalue weighted by Crippen LogP contribution is 2.20. The molecule has 1 aliphatic rings. The molecule has 106 valence electrons. The van der Waals surface area contributed by atoms with Gasteiger partial charge in [0.15, 0.2) is 0 Å². The Balaban J connectivity index is 1.65. The molecule has 1 fully saturated rings. The second-order valence-corrected chi connectivity index (χ2v) is 5.66. The van der Waals surface area contributed by atoms with E-state index < -0.39 is 0 Å². The van der Waals surface area contributed by atoms with Crippen LogP contribution in [0.25, 0.3) is 0 Å². The predicted octanol–water partition coefficient (Wildman–Crippen LogP) is 2.81. The minimum Gasteiger partial charge on any atom is -0.492 e. The Labute approximate surface area is 120 Å². The zero-order valence-corrected chi connectivity index (χ0v) is 12.1. The van der Waals surface area contributed by atoms with Crippen LogP contribution in [0.15, 0.2) is 24.3 Å². The number of hydrogen-bond donors (Lipinski definition) is 1. The predicted molar refractivity (Wildman–Crippen MR) is 77.8 cm³/mol. The molecule has 3 nitrogen and oxygen atoms in total. The average molecular weight is 284 g/mol. The van der Waals surface area contributed by atoms with Crippen molar-refractivity contribution in [3.63, 3.8) is 0 Å². The molecule has 0 saturated carbocycles. The highest BCUT2D eigenvalue weighted by Gasteiger charge is 2.22. The summed E-state index contributed by atoms with van der Waals surface area (Å²) in [6.45, 7) is 5.64. The number of halogens is 1.